The van der Waals surface area contributed by atoms with E-state index in [4.69, 9.17) is 18.9 Å². The van der Waals surface area contributed by atoms with Gasteiger partial charge in [-0.3, -0.25) is 9.59 Å². The van der Waals surface area contributed by atoms with E-state index < -0.39 is 29.6 Å². The lowest BCUT2D eigenvalue weighted by atomic mass is 9.86. The molecule has 1 unspecified atom stereocenters. The molecule has 45 heavy (non-hydrogen) atoms. The van der Waals surface area contributed by atoms with Crippen molar-refractivity contribution in [3.05, 3.63) is 23.8 Å². The molecule has 1 aliphatic heterocycles. The van der Waals surface area contributed by atoms with Gasteiger partial charge in [0.1, 0.15) is 17.1 Å². The van der Waals surface area contributed by atoms with E-state index in [1.165, 1.54) is 4.90 Å². The lowest BCUT2D eigenvalue weighted by Crippen LogP contribution is -2.55. The Morgan fingerprint density at radius 1 is 1.04 bits per heavy atom. The first-order valence-corrected chi connectivity index (χ1v) is 16.2. The van der Waals surface area contributed by atoms with E-state index in [0.717, 1.165) is 18.4 Å². The van der Waals surface area contributed by atoms with Gasteiger partial charge in [0, 0.05) is 51.9 Å². The van der Waals surface area contributed by atoms with Gasteiger partial charge in [0.25, 0.3) is 0 Å². The summed E-state index contributed by atoms with van der Waals surface area (Å²) in [6.07, 6.45) is 1.80. The van der Waals surface area contributed by atoms with Gasteiger partial charge < -0.3 is 39.2 Å². The second-order valence-electron chi connectivity index (χ2n) is 13.5. The van der Waals surface area contributed by atoms with E-state index in [1.807, 2.05) is 50.8 Å². The number of rotatable bonds is 16. The zero-order valence-corrected chi connectivity index (χ0v) is 28.9. The van der Waals surface area contributed by atoms with E-state index in [1.54, 1.807) is 35.0 Å². The van der Waals surface area contributed by atoms with Crippen molar-refractivity contribution in [1.29, 1.82) is 0 Å². The van der Waals surface area contributed by atoms with Crippen LogP contribution in [0.5, 0.6) is 11.5 Å². The third kappa shape index (κ3) is 12.7. The van der Waals surface area contributed by atoms with Crippen LogP contribution in [0.1, 0.15) is 79.7 Å². The first-order valence-electron chi connectivity index (χ1n) is 16.2. The number of likely N-dealkylation sites (tertiary alicyclic amines) is 1. The predicted molar refractivity (Wildman–Crippen MR) is 173 cm³/mol. The molecule has 1 heterocycles. The summed E-state index contributed by atoms with van der Waals surface area (Å²) in [5, 5.41) is 12.8. The molecular formula is C34H57N3O8. The van der Waals surface area contributed by atoms with E-state index >= 15 is 0 Å². The fraction of sp³-hybridized carbons (Fsp3) is 0.735. The smallest absolute Gasteiger partial charge is 0.410 e. The zero-order chi connectivity index (χ0) is 33.7. The normalized spacial score (nSPS) is 18.2. The summed E-state index contributed by atoms with van der Waals surface area (Å²) in [5.41, 5.74) is 0.113. The highest BCUT2D eigenvalue weighted by molar-refractivity contribution is 5.84. The Bertz CT molecular complexity index is 1090. The molecule has 11 heteroatoms. The molecule has 256 valence electrons. The highest BCUT2D eigenvalue weighted by Gasteiger charge is 2.41. The molecule has 2 rings (SSSR count). The number of amides is 3. The number of carbonyl (C=O) groups excluding carboxylic acids is 3. The van der Waals surface area contributed by atoms with Gasteiger partial charge in [-0.1, -0.05) is 20.8 Å². The Morgan fingerprint density at radius 2 is 1.71 bits per heavy atom. The van der Waals surface area contributed by atoms with E-state index in [9.17, 15) is 19.5 Å². The molecule has 0 saturated carbocycles. The monoisotopic (exact) mass is 635 g/mol. The lowest BCUT2D eigenvalue weighted by molar-refractivity contribution is -0.142. The molecule has 3 amide bonds. The Morgan fingerprint density at radius 3 is 2.29 bits per heavy atom. The van der Waals surface area contributed by atoms with Gasteiger partial charge in [0.05, 0.1) is 38.2 Å². The van der Waals surface area contributed by atoms with E-state index in [2.05, 4.69) is 5.32 Å². The number of methoxy groups -OCH3 is 2. The molecule has 1 aliphatic rings. The van der Waals surface area contributed by atoms with Crippen molar-refractivity contribution in [2.45, 2.75) is 98.4 Å². The first kappa shape index (κ1) is 38.1. The van der Waals surface area contributed by atoms with Gasteiger partial charge in [-0.2, -0.15) is 0 Å². The van der Waals surface area contributed by atoms with Crippen LogP contribution in [-0.2, 0) is 25.6 Å². The molecule has 0 spiro atoms. The molecule has 0 aromatic heterocycles. The first-order chi connectivity index (χ1) is 21.2. The maximum Gasteiger partial charge on any atom is 0.410 e. The molecule has 4 atom stereocenters. The van der Waals surface area contributed by atoms with Crippen LogP contribution in [0.4, 0.5) is 4.79 Å². The highest BCUT2D eigenvalue weighted by atomic mass is 16.6. The number of benzene rings is 1. The quantitative estimate of drug-likeness (QED) is 0.252. The number of ether oxygens (including phenoxy) is 4. The fourth-order valence-electron chi connectivity index (χ4n) is 5.43. The van der Waals surface area contributed by atoms with Gasteiger partial charge in [0.15, 0.2) is 0 Å². The van der Waals surface area contributed by atoms with Crippen LogP contribution in [0.15, 0.2) is 18.2 Å². The topological polar surface area (TPSA) is 127 Å². The molecule has 0 radical (unpaired) electrons. The molecule has 1 aromatic carbocycles. The lowest BCUT2D eigenvalue weighted by Gasteiger charge is -2.40. The van der Waals surface area contributed by atoms with Crippen molar-refractivity contribution in [1.82, 2.24) is 15.1 Å². The van der Waals surface area contributed by atoms with Gasteiger partial charge in [-0.05, 0) is 70.6 Å². The summed E-state index contributed by atoms with van der Waals surface area (Å²) in [4.78, 5) is 44.4. The second kappa shape index (κ2) is 18.2. The Kier molecular flexibility index (Phi) is 15.4. The number of nitrogens with zero attached hydrogens (tertiary/aromatic N) is 2. The number of nitrogens with one attached hydrogen (secondary N) is 1. The number of hydrogen-bond donors (Lipinski definition) is 2. The van der Waals surface area contributed by atoms with Gasteiger partial charge in [-0.15, -0.1) is 0 Å². The van der Waals surface area contributed by atoms with Gasteiger partial charge >= 0.3 is 6.09 Å². The summed E-state index contributed by atoms with van der Waals surface area (Å²) >= 11 is 0. The minimum Gasteiger partial charge on any atom is -0.497 e. The summed E-state index contributed by atoms with van der Waals surface area (Å²) in [5.74, 6) is -0.134. The van der Waals surface area contributed by atoms with E-state index in [0.29, 0.717) is 37.7 Å². The van der Waals surface area contributed by atoms with Crippen molar-refractivity contribution in [2.24, 2.45) is 17.8 Å². The molecule has 11 nitrogen and oxygen atoms in total. The average molecular weight is 636 g/mol. The van der Waals surface area contributed by atoms with Crippen molar-refractivity contribution in [2.75, 3.05) is 47.1 Å². The Balaban J connectivity index is 2.36. The minimum absolute atomic E-state index is 0.108. The third-order valence-corrected chi connectivity index (χ3v) is 7.84. The van der Waals surface area contributed by atoms with Gasteiger partial charge in [-0.25, -0.2) is 4.79 Å². The molecule has 1 saturated heterocycles. The number of piperidine rings is 1. The van der Waals surface area contributed by atoms with Crippen LogP contribution in [-0.4, -0.2) is 97.6 Å². The predicted octanol–water partition coefficient (Wildman–Crippen LogP) is 4.63. The largest absolute Gasteiger partial charge is 0.497 e. The molecule has 1 fully saturated rings. The van der Waals surface area contributed by atoms with Crippen LogP contribution in [0.3, 0.4) is 0 Å². The SMILES string of the molecule is CC[C@H](C)N(Cc1cc(OC)cc(OCCCOC)c1)C(=O)[C@@H]1C[C@H](C(=O)NC(CO)CC(C)C)CN(C(=O)OC(C)(C)C)C1. The van der Waals surface area contributed by atoms with Crippen LogP contribution < -0.4 is 14.8 Å². The summed E-state index contributed by atoms with van der Waals surface area (Å²) < 4.78 is 22.2. The third-order valence-electron chi connectivity index (χ3n) is 7.84. The molecule has 2 N–H and O–H groups in total. The van der Waals surface area contributed by atoms with Crippen LogP contribution in [0, 0.1) is 17.8 Å². The second-order valence-corrected chi connectivity index (χ2v) is 13.5. The molecular weight excluding hydrogens is 578 g/mol. The maximum atomic E-state index is 14.3. The van der Waals surface area contributed by atoms with Crippen LogP contribution in [0.25, 0.3) is 0 Å². The van der Waals surface area contributed by atoms with E-state index in [-0.39, 0.29) is 49.9 Å². The standard InChI is InChI=1S/C34H57N3O8/c1-10-24(4)37(19-25-15-29(43-9)18-30(16-25)44-13-11-12-42-8)32(40)27-17-26(31(39)35-28(22-38)14-23(2)3)20-36(21-27)33(41)45-34(5,6)7/h15-16,18,23-24,26-28,38H,10-14,17,19-22H2,1-9H3,(H,35,39)/t24-,26-,27+,28?/m0/s1. The van der Waals surface area contributed by atoms with Crippen LogP contribution in [0.2, 0.25) is 0 Å². The van der Waals surface area contributed by atoms with Crippen molar-refractivity contribution >= 4 is 17.9 Å². The Labute approximate surface area is 269 Å². The molecule has 1 aromatic rings. The molecule has 0 bridgehead atoms. The maximum absolute atomic E-state index is 14.3. The fourth-order valence-corrected chi connectivity index (χ4v) is 5.43. The number of aliphatic hydroxyl groups excluding tert-OH is 1. The molecule has 0 aliphatic carbocycles. The van der Waals surface area contributed by atoms with Crippen molar-refractivity contribution in [3.63, 3.8) is 0 Å². The zero-order valence-electron chi connectivity index (χ0n) is 28.9. The summed E-state index contributed by atoms with van der Waals surface area (Å²) in [6.45, 7) is 14.9. The number of carbonyl (C=O) groups is 3. The number of aliphatic hydroxyl groups is 1. The van der Waals surface area contributed by atoms with Crippen molar-refractivity contribution < 1.29 is 38.4 Å². The summed E-state index contributed by atoms with van der Waals surface area (Å²) in [6, 6.07) is 5.10. The number of hydrogen-bond acceptors (Lipinski definition) is 8. The highest BCUT2D eigenvalue weighted by Crippen LogP contribution is 2.30. The minimum atomic E-state index is -0.733. The van der Waals surface area contributed by atoms with Gasteiger partial charge in [0.2, 0.25) is 11.8 Å². The average Bonchev–Trinajstić information content (AvgIpc) is 2.99. The van der Waals surface area contributed by atoms with Crippen LogP contribution >= 0.6 is 0 Å². The summed E-state index contributed by atoms with van der Waals surface area (Å²) in [7, 11) is 3.24. The Hall–Kier alpha value is -3.05. The van der Waals surface area contributed by atoms with Crippen molar-refractivity contribution in [3.8, 4) is 11.5 Å².